The second-order valence-corrected chi connectivity index (χ2v) is 5.77. The summed E-state index contributed by atoms with van der Waals surface area (Å²) in [7, 11) is 0. The largest absolute Gasteiger partial charge is 0.487 e. The molecule has 0 amide bonds. The van der Waals surface area contributed by atoms with Gasteiger partial charge < -0.3 is 4.74 Å². The van der Waals surface area contributed by atoms with Crippen LogP contribution in [-0.4, -0.2) is 0 Å². The Hall–Kier alpha value is -0.410. The minimum Gasteiger partial charge on any atom is -0.487 e. The van der Waals surface area contributed by atoms with Crippen LogP contribution in [0.4, 0.5) is 0 Å². The summed E-state index contributed by atoms with van der Waals surface area (Å²) >= 11 is 21.3. The molecule has 0 atom stereocenters. The van der Waals surface area contributed by atoms with Gasteiger partial charge in [-0.2, -0.15) is 0 Å². The molecule has 0 spiro atoms. The van der Waals surface area contributed by atoms with Gasteiger partial charge >= 0.3 is 0 Å². The minimum absolute atomic E-state index is 0.339. The van der Waals surface area contributed by atoms with Crippen LogP contribution < -0.4 is 4.74 Å². The zero-order chi connectivity index (χ0) is 13.1. The fraction of sp³-hybridized carbons (Fsp3) is 0.0769. The molecular weight excluding hydrogens is 358 g/mol. The van der Waals surface area contributed by atoms with Crippen LogP contribution in [0, 0.1) is 0 Å². The molecule has 0 saturated heterocycles. The SMILES string of the molecule is Clc1ccc(Cl)c(OCc2ccc(Br)cc2Cl)c1. The Balaban J connectivity index is 2.13. The number of ether oxygens (including phenoxy) is 1. The highest BCUT2D eigenvalue weighted by Gasteiger charge is 2.05. The van der Waals surface area contributed by atoms with Crippen molar-refractivity contribution in [2.24, 2.45) is 0 Å². The van der Waals surface area contributed by atoms with Crippen LogP contribution in [-0.2, 0) is 6.61 Å². The summed E-state index contributed by atoms with van der Waals surface area (Å²) < 4.78 is 6.54. The van der Waals surface area contributed by atoms with Gasteiger partial charge in [-0.1, -0.05) is 56.8 Å². The van der Waals surface area contributed by atoms with Gasteiger partial charge in [-0.25, -0.2) is 0 Å². The molecule has 0 aliphatic carbocycles. The highest BCUT2D eigenvalue weighted by Crippen LogP contribution is 2.29. The third-order valence-electron chi connectivity index (χ3n) is 2.29. The molecule has 0 heterocycles. The van der Waals surface area contributed by atoms with Crippen LogP contribution in [0.15, 0.2) is 40.9 Å². The normalized spacial score (nSPS) is 10.4. The molecule has 0 bridgehead atoms. The summed E-state index contributed by atoms with van der Waals surface area (Å²) in [6.45, 7) is 0.339. The number of rotatable bonds is 3. The lowest BCUT2D eigenvalue weighted by molar-refractivity contribution is 0.306. The van der Waals surface area contributed by atoms with E-state index in [1.54, 1.807) is 18.2 Å². The van der Waals surface area contributed by atoms with E-state index in [1.807, 2.05) is 18.2 Å². The molecule has 2 aromatic carbocycles. The van der Waals surface area contributed by atoms with Crippen molar-refractivity contribution in [3.05, 3.63) is 61.5 Å². The Kier molecular flexibility index (Phi) is 4.79. The van der Waals surface area contributed by atoms with E-state index in [9.17, 15) is 0 Å². The molecule has 0 unspecified atom stereocenters. The molecule has 18 heavy (non-hydrogen) atoms. The van der Waals surface area contributed by atoms with Crippen LogP contribution >= 0.6 is 50.7 Å². The third-order valence-corrected chi connectivity index (χ3v) is 3.68. The Morgan fingerprint density at radius 3 is 2.44 bits per heavy atom. The number of hydrogen-bond donors (Lipinski definition) is 0. The molecule has 2 rings (SSSR count). The van der Waals surface area contributed by atoms with Gasteiger partial charge in [0.25, 0.3) is 0 Å². The molecule has 0 fully saturated rings. The quantitative estimate of drug-likeness (QED) is 0.648. The van der Waals surface area contributed by atoms with Crippen molar-refractivity contribution in [2.75, 3.05) is 0 Å². The van der Waals surface area contributed by atoms with E-state index in [0.29, 0.717) is 27.4 Å². The lowest BCUT2D eigenvalue weighted by Crippen LogP contribution is -1.96. The zero-order valence-electron chi connectivity index (χ0n) is 9.09. The standard InChI is InChI=1S/C13H8BrCl3O/c14-9-2-1-8(12(17)5-9)7-18-13-6-10(15)3-4-11(13)16/h1-6H,7H2. The Morgan fingerprint density at radius 2 is 1.72 bits per heavy atom. The van der Waals surface area contributed by atoms with Crippen LogP contribution in [0.1, 0.15) is 5.56 Å². The van der Waals surface area contributed by atoms with E-state index in [-0.39, 0.29) is 0 Å². The summed E-state index contributed by atoms with van der Waals surface area (Å²) in [5.41, 5.74) is 0.885. The molecule has 0 aliphatic heterocycles. The molecule has 0 aliphatic rings. The van der Waals surface area contributed by atoms with E-state index in [0.717, 1.165) is 10.0 Å². The van der Waals surface area contributed by atoms with E-state index in [1.165, 1.54) is 0 Å². The van der Waals surface area contributed by atoms with Gasteiger partial charge in [0.15, 0.2) is 0 Å². The van der Waals surface area contributed by atoms with E-state index in [2.05, 4.69) is 15.9 Å². The maximum Gasteiger partial charge on any atom is 0.139 e. The van der Waals surface area contributed by atoms with Gasteiger partial charge in [0, 0.05) is 26.1 Å². The average molecular weight is 366 g/mol. The smallest absolute Gasteiger partial charge is 0.139 e. The first-order chi connectivity index (χ1) is 8.56. The van der Waals surface area contributed by atoms with Crippen LogP contribution in [0.2, 0.25) is 15.1 Å². The highest BCUT2D eigenvalue weighted by atomic mass is 79.9. The lowest BCUT2D eigenvalue weighted by Gasteiger charge is -2.09. The molecule has 5 heteroatoms. The van der Waals surface area contributed by atoms with Crippen LogP contribution in [0.25, 0.3) is 0 Å². The Bertz CT molecular complexity index is 572. The fourth-order valence-corrected chi connectivity index (χ4v) is 2.44. The van der Waals surface area contributed by atoms with Crippen molar-refractivity contribution in [3.63, 3.8) is 0 Å². The molecule has 0 N–H and O–H groups in total. The van der Waals surface area contributed by atoms with Crippen molar-refractivity contribution in [2.45, 2.75) is 6.61 Å². The molecular formula is C13H8BrCl3O. The first-order valence-corrected chi connectivity index (χ1v) is 7.01. The topological polar surface area (TPSA) is 9.23 Å². The van der Waals surface area contributed by atoms with Gasteiger partial charge in [-0.3, -0.25) is 0 Å². The summed E-state index contributed by atoms with van der Waals surface area (Å²) in [6.07, 6.45) is 0. The maximum absolute atomic E-state index is 6.10. The van der Waals surface area contributed by atoms with Gasteiger partial charge in [-0.05, 0) is 24.3 Å². The average Bonchev–Trinajstić information content (AvgIpc) is 2.32. The predicted octanol–water partition coefficient (Wildman–Crippen LogP) is 5.99. The van der Waals surface area contributed by atoms with Crippen molar-refractivity contribution in [1.29, 1.82) is 0 Å². The van der Waals surface area contributed by atoms with Gasteiger partial charge in [-0.15, -0.1) is 0 Å². The third kappa shape index (κ3) is 3.55. The molecule has 0 radical (unpaired) electrons. The summed E-state index contributed by atoms with van der Waals surface area (Å²) in [6, 6.07) is 10.7. The molecule has 0 saturated carbocycles. The molecule has 2 aromatic rings. The van der Waals surface area contributed by atoms with Gasteiger partial charge in [0.2, 0.25) is 0 Å². The Labute approximate surface area is 129 Å². The molecule has 0 aromatic heterocycles. The molecule has 94 valence electrons. The second kappa shape index (κ2) is 6.16. The van der Waals surface area contributed by atoms with E-state index < -0.39 is 0 Å². The van der Waals surface area contributed by atoms with Crippen LogP contribution in [0.3, 0.4) is 0 Å². The van der Waals surface area contributed by atoms with Crippen LogP contribution in [0.5, 0.6) is 5.75 Å². The lowest BCUT2D eigenvalue weighted by atomic mass is 10.2. The maximum atomic E-state index is 6.10. The first kappa shape index (κ1) is 14.0. The van der Waals surface area contributed by atoms with E-state index >= 15 is 0 Å². The van der Waals surface area contributed by atoms with Gasteiger partial charge in [0.1, 0.15) is 12.4 Å². The summed E-state index contributed by atoms with van der Waals surface area (Å²) in [4.78, 5) is 0. The fourth-order valence-electron chi connectivity index (χ4n) is 1.38. The highest BCUT2D eigenvalue weighted by molar-refractivity contribution is 9.10. The van der Waals surface area contributed by atoms with Crippen molar-refractivity contribution in [1.82, 2.24) is 0 Å². The summed E-state index contributed by atoms with van der Waals surface area (Å²) in [5, 5.41) is 1.74. The first-order valence-electron chi connectivity index (χ1n) is 5.08. The minimum atomic E-state index is 0.339. The number of benzene rings is 2. The predicted molar refractivity (Wildman–Crippen MR) is 79.9 cm³/mol. The Morgan fingerprint density at radius 1 is 0.944 bits per heavy atom. The monoisotopic (exact) mass is 364 g/mol. The van der Waals surface area contributed by atoms with Crippen molar-refractivity contribution < 1.29 is 4.74 Å². The molecule has 1 nitrogen and oxygen atoms in total. The number of halogens is 4. The number of hydrogen-bond acceptors (Lipinski definition) is 1. The zero-order valence-corrected chi connectivity index (χ0v) is 12.9. The van der Waals surface area contributed by atoms with Crippen molar-refractivity contribution in [3.8, 4) is 5.75 Å². The van der Waals surface area contributed by atoms with Gasteiger partial charge in [0.05, 0.1) is 5.02 Å². The van der Waals surface area contributed by atoms with Crippen molar-refractivity contribution >= 4 is 50.7 Å². The summed E-state index contributed by atoms with van der Waals surface area (Å²) in [5.74, 6) is 0.545. The van der Waals surface area contributed by atoms with E-state index in [4.69, 9.17) is 39.5 Å². The second-order valence-electron chi connectivity index (χ2n) is 3.60.